The van der Waals surface area contributed by atoms with E-state index in [1.54, 1.807) is 16.4 Å². The number of benzene rings is 5. The van der Waals surface area contributed by atoms with Crippen LogP contribution in [-0.2, 0) is 19.3 Å². The van der Waals surface area contributed by atoms with E-state index in [2.05, 4.69) is 91.9 Å². The summed E-state index contributed by atoms with van der Waals surface area (Å²) < 4.78 is 0. The Kier molecular flexibility index (Phi) is 3.40. The van der Waals surface area contributed by atoms with Crippen molar-refractivity contribution in [2.45, 2.75) is 26.2 Å². The van der Waals surface area contributed by atoms with Crippen molar-refractivity contribution in [3.05, 3.63) is 124 Å². The van der Waals surface area contributed by atoms with Gasteiger partial charge in [0.05, 0.1) is 0 Å². The van der Waals surface area contributed by atoms with Crippen molar-refractivity contribution in [2.24, 2.45) is 0 Å². The largest absolute Gasteiger partial charge is 0.243 e. The first-order valence-corrected chi connectivity index (χ1v) is 12.1. The van der Waals surface area contributed by atoms with Crippen LogP contribution < -0.4 is 16.4 Å². The second-order valence-electron chi connectivity index (χ2n) is 10.1. The highest BCUT2D eigenvalue weighted by atomic mass is 14.3. The molecule has 1 heteroatoms. The SMILES string of the molecule is Cc1cccc2cccc(-c3cc4c5c(c3)Cc3cccc6c3B5c3c(cccc3C4)C6)c12. The van der Waals surface area contributed by atoms with Crippen LogP contribution in [0.3, 0.4) is 0 Å². The topological polar surface area (TPSA) is 0 Å². The van der Waals surface area contributed by atoms with Gasteiger partial charge in [0, 0.05) is 0 Å². The number of rotatable bonds is 1. The summed E-state index contributed by atoms with van der Waals surface area (Å²) in [6, 6.07) is 32.5. The van der Waals surface area contributed by atoms with Gasteiger partial charge in [-0.05, 0) is 87.0 Å². The van der Waals surface area contributed by atoms with Gasteiger partial charge in [-0.1, -0.05) is 101 Å². The minimum Gasteiger partial charge on any atom is -0.0617 e. The van der Waals surface area contributed by atoms with E-state index in [4.69, 9.17) is 0 Å². The zero-order chi connectivity index (χ0) is 21.7. The number of hydrogen-bond donors (Lipinski definition) is 0. The monoisotopic (exact) mass is 418 g/mol. The molecule has 0 nitrogen and oxygen atoms in total. The van der Waals surface area contributed by atoms with E-state index in [1.165, 1.54) is 60.8 Å². The van der Waals surface area contributed by atoms with Crippen molar-refractivity contribution in [3.63, 3.8) is 0 Å². The van der Waals surface area contributed by atoms with E-state index >= 15 is 0 Å². The second kappa shape index (κ2) is 6.26. The van der Waals surface area contributed by atoms with Gasteiger partial charge >= 0.3 is 0 Å². The van der Waals surface area contributed by atoms with Crippen molar-refractivity contribution >= 4 is 33.9 Å². The van der Waals surface area contributed by atoms with Gasteiger partial charge in [0.15, 0.2) is 0 Å². The molecule has 0 spiro atoms. The van der Waals surface area contributed by atoms with Crippen LogP contribution >= 0.6 is 0 Å². The van der Waals surface area contributed by atoms with Crippen molar-refractivity contribution in [3.8, 4) is 11.1 Å². The van der Waals surface area contributed by atoms with Gasteiger partial charge in [-0.3, -0.25) is 0 Å². The molecule has 33 heavy (non-hydrogen) atoms. The second-order valence-corrected chi connectivity index (χ2v) is 10.1. The van der Waals surface area contributed by atoms with Crippen LogP contribution in [0.25, 0.3) is 21.9 Å². The molecule has 3 aliphatic rings. The summed E-state index contributed by atoms with van der Waals surface area (Å²) in [6.07, 6.45) is 3.19. The molecule has 0 bridgehead atoms. The Morgan fingerprint density at radius 3 is 1.64 bits per heavy atom. The van der Waals surface area contributed by atoms with E-state index in [-0.39, 0.29) is 0 Å². The molecule has 0 saturated carbocycles. The molecule has 0 atom stereocenters. The molecule has 0 unspecified atom stereocenters. The molecule has 0 N–H and O–H groups in total. The summed E-state index contributed by atoms with van der Waals surface area (Å²) in [5.41, 5.74) is 18.1. The number of fused-ring (bicyclic) bond motifs is 1. The fourth-order valence-corrected chi connectivity index (χ4v) is 7.11. The molecule has 8 rings (SSSR count). The first-order valence-electron chi connectivity index (χ1n) is 12.1. The Morgan fingerprint density at radius 2 is 1.03 bits per heavy atom. The molecule has 0 saturated heterocycles. The Balaban J connectivity index is 1.44. The van der Waals surface area contributed by atoms with E-state index in [0.717, 1.165) is 19.3 Å². The number of aryl methyl sites for hydroxylation is 1. The molecule has 0 radical (unpaired) electrons. The summed E-state index contributed by atoms with van der Waals surface area (Å²) in [5.74, 6) is 0. The fourth-order valence-electron chi connectivity index (χ4n) is 7.11. The average Bonchev–Trinajstić information content (AvgIpc) is 2.84. The lowest BCUT2D eigenvalue weighted by atomic mass is 9.28. The third kappa shape index (κ3) is 2.32. The summed E-state index contributed by atoms with van der Waals surface area (Å²) in [6.45, 7) is 2.67. The maximum absolute atomic E-state index is 2.51. The maximum Gasteiger partial charge on any atom is 0.243 e. The van der Waals surface area contributed by atoms with Crippen molar-refractivity contribution in [2.75, 3.05) is 0 Å². The molecule has 0 amide bonds. The molecule has 3 heterocycles. The summed E-state index contributed by atoms with van der Waals surface area (Å²) in [7, 11) is 0. The Bertz CT molecular complexity index is 1570. The maximum atomic E-state index is 2.51. The third-order valence-electron chi connectivity index (χ3n) is 8.36. The standard InChI is InChI=1S/C32H23B/c1-19-6-2-7-20-8-5-13-28(29(19)20)25-17-26-15-23-11-3-9-21-14-22-10-4-12-24-16-27(18-25)32(26)33(30(21)23)31(22)24/h2-13,17-18H,14-16H2,1H3. The van der Waals surface area contributed by atoms with E-state index in [0.29, 0.717) is 6.71 Å². The van der Waals surface area contributed by atoms with Crippen molar-refractivity contribution in [1.29, 1.82) is 0 Å². The summed E-state index contributed by atoms with van der Waals surface area (Å²) in [5, 5.41) is 2.72. The van der Waals surface area contributed by atoms with E-state index in [9.17, 15) is 0 Å². The smallest absolute Gasteiger partial charge is 0.0617 e. The van der Waals surface area contributed by atoms with Gasteiger partial charge in [0.25, 0.3) is 0 Å². The van der Waals surface area contributed by atoms with Gasteiger partial charge in [-0.15, -0.1) is 0 Å². The number of hydrogen-bond acceptors (Lipinski definition) is 0. The molecule has 3 aliphatic heterocycles. The van der Waals surface area contributed by atoms with Crippen molar-refractivity contribution < 1.29 is 0 Å². The predicted molar refractivity (Wildman–Crippen MR) is 140 cm³/mol. The van der Waals surface area contributed by atoms with Crippen LogP contribution in [0, 0.1) is 6.92 Å². The van der Waals surface area contributed by atoms with Crippen LogP contribution in [0.1, 0.15) is 38.9 Å². The molecular formula is C32H23B. The normalized spacial score (nSPS) is 14.4. The Morgan fingerprint density at radius 1 is 0.545 bits per heavy atom. The van der Waals surface area contributed by atoms with Crippen LogP contribution in [0.15, 0.2) is 84.9 Å². The highest BCUT2D eigenvalue weighted by Crippen LogP contribution is 2.35. The summed E-state index contributed by atoms with van der Waals surface area (Å²) >= 11 is 0. The molecule has 0 aromatic heterocycles. The van der Waals surface area contributed by atoms with Crippen LogP contribution in [-0.4, -0.2) is 6.71 Å². The first-order chi connectivity index (χ1) is 16.3. The zero-order valence-electron chi connectivity index (χ0n) is 18.8. The highest BCUT2D eigenvalue weighted by molar-refractivity contribution is 6.98. The lowest BCUT2D eigenvalue weighted by molar-refractivity contribution is 1.10. The quantitative estimate of drug-likeness (QED) is 0.328. The van der Waals surface area contributed by atoms with Gasteiger partial charge in [-0.25, -0.2) is 0 Å². The minimum absolute atomic E-state index is 0.423. The summed E-state index contributed by atoms with van der Waals surface area (Å²) in [4.78, 5) is 0. The molecular weight excluding hydrogens is 395 g/mol. The molecule has 0 aliphatic carbocycles. The molecule has 154 valence electrons. The molecule has 0 fully saturated rings. The van der Waals surface area contributed by atoms with Gasteiger partial charge in [0.2, 0.25) is 6.71 Å². The third-order valence-corrected chi connectivity index (χ3v) is 8.36. The van der Waals surface area contributed by atoms with Crippen LogP contribution in [0.5, 0.6) is 0 Å². The lowest BCUT2D eigenvalue weighted by Crippen LogP contribution is -2.64. The Hall–Kier alpha value is -3.58. The first kappa shape index (κ1) is 17.9. The van der Waals surface area contributed by atoms with Crippen molar-refractivity contribution in [1.82, 2.24) is 0 Å². The Labute approximate surface area is 195 Å². The predicted octanol–water partition coefficient (Wildman–Crippen LogP) is 5.04. The van der Waals surface area contributed by atoms with Gasteiger partial charge < -0.3 is 0 Å². The van der Waals surface area contributed by atoms with Gasteiger partial charge in [0.1, 0.15) is 0 Å². The average molecular weight is 418 g/mol. The van der Waals surface area contributed by atoms with E-state index < -0.39 is 0 Å². The molecule has 5 aromatic carbocycles. The lowest BCUT2D eigenvalue weighted by Gasteiger charge is -2.39. The van der Waals surface area contributed by atoms with Gasteiger partial charge in [-0.2, -0.15) is 0 Å². The van der Waals surface area contributed by atoms with E-state index in [1.807, 2.05) is 0 Å². The van der Waals surface area contributed by atoms with Crippen LogP contribution in [0.2, 0.25) is 0 Å². The highest BCUT2D eigenvalue weighted by Gasteiger charge is 2.41. The van der Waals surface area contributed by atoms with Crippen LogP contribution in [0.4, 0.5) is 0 Å². The fraction of sp³-hybridized carbons (Fsp3) is 0.125. The zero-order valence-corrected chi connectivity index (χ0v) is 18.8. The minimum atomic E-state index is 0.423. The molecule has 5 aromatic rings.